The van der Waals surface area contributed by atoms with Gasteiger partial charge in [-0.1, -0.05) is 18.2 Å². The molecular formula is C26H23ClF4N4O2. The van der Waals surface area contributed by atoms with Crippen LogP contribution < -0.4 is 4.74 Å². The third-order valence-corrected chi connectivity index (χ3v) is 7.19. The van der Waals surface area contributed by atoms with Crippen LogP contribution in [0.15, 0.2) is 43.4 Å². The highest BCUT2D eigenvalue weighted by Gasteiger charge is 2.40. The molecule has 0 unspecified atom stereocenters. The molecule has 6 nitrogen and oxygen atoms in total. The largest absolute Gasteiger partial charge is 0.496 e. The van der Waals surface area contributed by atoms with Crippen LogP contribution >= 0.6 is 11.6 Å². The number of aliphatic hydroxyl groups is 1. The number of nitrogens with zero attached hydrogens (tertiary/aromatic N) is 3. The quantitative estimate of drug-likeness (QED) is 0.277. The van der Waals surface area contributed by atoms with Crippen molar-refractivity contribution in [2.75, 3.05) is 7.11 Å². The molecule has 0 bridgehead atoms. The third kappa shape index (κ3) is 4.48. The molecule has 1 saturated carbocycles. The number of hydrogen-bond acceptors (Lipinski definition) is 4. The molecule has 0 saturated heterocycles. The van der Waals surface area contributed by atoms with Crippen molar-refractivity contribution in [3.05, 3.63) is 71.0 Å². The molecule has 1 fully saturated rings. The summed E-state index contributed by atoms with van der Waals surface area (Å²) < 4.78 is 63.5. The standard InChI is InChI=1S/C26H23ClF4N4O2/c1-13(22-21(37-2)8-7-20(28)23(22)27)18-11-33-25-17(18)9-14(10-32-25)19-12-34-35(24(19)26(29,30)31)15-3-5-16(36)6-4-15/h7-12,15-16,36H,1,3-6H2,2H3,(H,32,33). The summed E-state index contributed by atoms with van der Waals surface area (Å²) in [4.78, 5) is 7.30. The molecule has 11 heteroatoms. The van der Waals surface area contributed by atoms with E-state index in [0.717, 1.165) is 4.68 Å². The van der Waals surface area contributed by atoms with E-state index in [9.17, 15) is 22.7 Å². The average molecular weight is 535 g/mol. The van der Waals surface area contributed by atoms with E-state index in [0.29, 0.717) is 53.6 Å². The number of rotatable bonds is 5. The highest BCUT2D eigenvalue weighted by Crippen LogP contribution is 2.43. The van der Waals surface area contributed by atoms with Crippen LogP contribution in [-0.4, -0.2) is 38.1 Å². The first-order valence-electron chi connectivity index (χ1n) is 11.6. The zero-order valence-corrected chi connectivity index (χ0v) is 20.5. The van der Waals surface area contributed by atoms with Crippen LogP contribution in [0.3, 0.4) is 0 Å². The summed E-state index contributed by atoms with van der Waals surface area (Å²) in [5.41, 5.74) is 0.699. The minimum Gasteiger partial charge on any atom is -0.496 e. The van der Waals surface area contributed by atoms with E-state index in [1.165, 1.54) is 31.6 Å². The number of ether oxygens (including phenoxy) is 1. The fourth-order valence-electron chi connectivity index (χ4n) is 4.95. The van der Waals surface area contributed by atoms with Gasteiger partial charge in [-0.15, -0.1) is 0 Å². The van der Waals surface area contributed by atoms with E-state index in [2.05, 4.69) is 21.6 Å². The third-order valence-electron chi connectivity index (χ3n) is 6.82. The van der Waals surface area contributed by atoms with Crippen molar-refractivity contribution in [3.63, 3.8) is 0 Å². The number of hydrogen-bond donors (Lipinski definition) is 2. The number of nitrogens with one attached hydrogen (secondary N) is 1. The summed E-state index contributed by atoms with van der Waals surface area (Å²) in [5.74, 6) is -0.358. The van der Waals surface area contributed by atoms with Gasteiger partial charge in [0.1, 0.15) is 17.2 Å². The lowest BCUT2D eigenvalue weighted by atomic mass is 9.93. The first-order valence-corrected chi connectivity index (χ1v) is 12.0. The molecule has 0 radical (unpaired) electrons. The van der Waals surface area contributed by atoms with Gasteiger partial charge in [0.05, 0.1) is 30.5 Å². The van der Waals surface area contributed by atoms with Crippen LogP contribution in [-0.2, 0) is 6.18 Å². The molecule has 1 aromatic carbocycles. The van der Waals surface area contributed by atoms with E-state index < -0.39 is 29.8 Å². The zero-order chi connectivity index (χ0) is 26.5. The monoisotopic (exact) mass is 534 g/mol. The SMILES string of the molecule is C=C(c1c(OC)ccc(F)c1Cl)c1c[nH]c2ncc(-c3cnn(C4CCC(O)CC4)c3C(F)(F)F)cc12. The molecular weight excluding hydrogens is 512 g/mol. The molecule has 0 spiro atoms. The molecule has 2 N–H and O–H groups in total. The maximum atomic E-state index is 14.3. The number of fused-ring (bicyclic) bond motifs is 1. The lowest BCUT2D eigenvalue weighted by Crippen LogP contribution is -2.25. The fourth-order valence-corrected chi connectivity index (χ4v) is 5.23. The molecule has 0 atom stereocenters. The van der Waals surface area contributed by atoms with Gasteiger partial charge in [0.25, 0.3) is 0 Å². The summed E-state index contributed by atoms with van der Waals surface area (Å²) in [7, 11) is 1.42. The van der Waals surface area contributed by atoms with Crippen LogP contribution in [0.25, 0.3) is 27.7 Å². The second-order valence-corrected chi connectivity index (χ2v) is 9.43. The topological polar surface area (TPSA) is 76.0 Å². The van der Waals surface area contributed by atoms with Crippen LogP contribution in [0.5, 0.6) is 5.75 Å². The zero-order valence-electron chi connectivity index (χ0n) is 19.7. The number of benzene rings is 1. The predicted molar refractivity (Wildman–Crippen MR) is 132 cm³/mol. The van der Waals surface area contributed by atoms with Crippen molar-refractivity contribution >= 4 is 28.2 Å². The summed E-state index contributed by atoms with van der Waals surface area (Å²) in [6.07, 6.45) is 0.624. The Bertz CT molecular complexity index is 1490. The van der Waals surface area contributed by atoms with Crippen molar-refractivity contribution in [2.24, 2.45) is 0 Å². The molecule has 4 aromatic rings. The van der Waals surface area contributed by atoms with E-state index in [-0.39, 0.29) is 21.7 Å². The van der Waals surface area contributed by atoms with Gasteiger partial charge in [-0.25, -0.2) is 9.37 Å². The van der Waals surface area contributed by atoms with Gasteiger partial charge in [0, 0.05) is 40.0 Å². The number of H-pyrrole nitrogens is 1. The Labute approximate surface area is 214 Å². The summed E-state index contributed by atoms with van der Waals surface area (Å²) in [6, 6.07) is 3.71. The molecule has 1 aliphatic rings. The van der Waals surface area contributed by atoms with Crippen molar-refractivity contribution in [1.29, 1.82) is 0 Å². The molecule has 194 valence electrons. The number of aliphatic hydroxyl groups excluding tert-OH is 1. The predicted octanol–water partition coefficient (Wildman–Crippen LogP) is 6.78. The first kappa shape index (κ1) is 25.3. The maximum absolute atomic E-state index is 14.3. The minimum absolute atomic E-state index is 0.104. The van der Waals surface area contributed by atoms with Crippen LogP contribution in [0.1, 0.15) is 48.5 Å². The van der Waals surface area contributed by atoms with Crippen LogP contribution in [0, 0.1) is 5.82 Å². The number of pyridine rings is 1. The summed E-state index contributed by atoms with van der Waals surface area (Å²) in [5, 5.41) is 14.2. The van der Waals surface area contributed by atoms with Gasteiger partial charge in [0.15, 0.2) is 5.69 Å². The lowest BCUT2D eigenvalue weighted by Gasteiger charge is -2.27. The Kier molecular flexibility index (Phi) is 6.49. The number of halogens is 5. The van der Waals surface area contributed by atoms with Crippen molar-refractivity contribution in [2.45, 2.75) is 44.0 Å². The second-order valence-electron chi connectivity index (χ2n) is 9.05. The number of aromatic amines is 1. The molecule has 0 amide bonds. The maximum Gasteiger partial charge on any atom is 0.433 e. The Balaban J connectivity index is 1.61. The minimum atomic E-state index is -4.66. The molecule has 0 aliphatic heterocycles. The fraction of sp³-hybridized carbons (Fsp3) is 0.308. The number of alkyl halides is 3. The lowest BCUT2D eigenvalue weighted by molar-refractivity contribution is -0.144. The Morgan fingerprint density at radius 3 is 2.62 bits per heavy atom. The van der Waals surface area contributed by atoms with Gasteiger partial charge in [-0.3, -0.25) is 4.68 Å². The molecule has 3 aromatic heterocycles. The molecule has 5 rings (SSSR count). The summed E-state index contributed by atoms with van der Waals surface area (Å²) >= 11 is 6.23. The van der Waals surface area contributed by atoms with E-state index >= 15 is 0 Å². The average Bonchev–Trinajstić information content (AvgIpc) is 3.50. The number of aromatic nitrogens is 4. The highest BCUT2D eigenvalue weighted by molar-refractivity contribution is 6.33. The Morgan fingerprint density at radius 1 is 1.22 bits per heavy atom. The van der Waals surface area contributed by atoms with E-state index in [4.69, 9.17) is 16.3 Å². The molecule has 37 heavy (non-hydrogen) atoms. The van der Waals surface area contributed by atoms with E-state index in [1.807, 2.05) is 0 Å². The van der Waals surface area contributed by atoms with Gasteiger partial charge in [0.2, 0.25) is 0 Å². The van der Waals surface area contributed by atoms with Crippen LogP contribution in [0.2, 0.25) is 5.02 Å². The van der Waals surface area contributed by atoms with Gasteiger partial charge in [-0.2, -0.15) is 18.3 Å². The second kappa shape index (κ2) is 9.50. The van der Waals surface area contributed by atoms with Crippen LogP contribution in [0.4, 0.5) is 17.6 Å². The van der Waals surface area contributed by atoms with Crippen molar-refractivity contribution < 1.29 is 27.4 Å². The normalized spacial score (nSPS) is 18.4. The van der Waals surface area contributed by atoms with Crippen molar-refractivity contribution in [1.82, 2.24) is 19.7 Å². The summed E-state index contributed by atoms with van der Waals surface area (Å²) in [6.45, 7) is 4.06. The van der Waals surface area contributed by atoms with Gasteiger partial charge >= 0.3 is 6.18 Å². The molecule has 3 heterocycles. The van der Waals surface area contributed by atoms with Crippen molar-refractivity contribution in [3.8, 4) is 16.9 Å². The molecule has 1 aliphatic carbocycles. The first-order chi connectivity index (χ1) is 17.6. The Hall–Kier alpha value is -3.37. The van der Waals surface area contributed by atoms with E-state index in [1.54, 1.807) is 12.3 Å². The number of methoxy groups -OCH3 is 1. The highest BCUT2D eigenvalue weighted by atomic mass is 35.5. The van der Waals surface area contributed by atoms with Gasteiger partial charge in [-0.05, 0) is 49.5 Å². The Morgan fingerprint density at radius 2 is 1.95 bits per heavy atom. The van der Waals surface area contributed by atoms with Gasteiger partial charge < -0.3 is 14.8 Å². The smallest absolute Gasteiger partial charge is 0.433 e.